The molecule has 5 heteroatoms. The van der Waals surface area contributed by atoms with Gasteiger partial charge < -0.3 is 9.30 Å². The van der Waals surface area contributed by atoms with Crippen LogP contribution in [0.3, 0.4) is 0 Å². The number of rotatable bonds is 8. The molecule has 0 aliphatic carbocycles. The molecule has 0 unspecified atom stereocenters. The Morgan fingerprint density at radius 3 is 2.28 bits per heavy atom. The third-order valence-electron chi connectivity index (χ3n) is 6.16. The third-order valence-corrected chi connectivity index (χ3v) is 6.16. The molecule has 0 amide bonds. The Morgan fingerprint density at radius 1 is 0.972 bits per heavy atom. The molecule has 5 nitrogen and oxygen atoms in total. The van der Waals surface area contributed by atoms with Crippen molar-refractivity contribution in [3.05, 3.63) is 106 Å². The van der Waals surface area contributed by atoms with E-state index in [4.69, 9.17) is 4.74 Å². The molecule has 4 rings (SSSR count). The Hall–Kier alpha value is -4.17. The summed E-state index contributed by atoms with van der Waals surface area (Å²) in [6.07, 6.45) is 1.71. The molecule has 0 fully saturated rings. The SMILES string of the molecule is CCCc1nc(=O)c(-c2ccc(OC(C)C)cc2)c(C)n1Cc1ccc(-c2ccccc2C#N)cc1. The molecule has 4 aromatic rings. The highest BCUT2D eigenvalue weighted by atomic mass is 16.5. The number of aromatic nitrogens is 2. The molecule has 1 heterocycles. The summed E-state index contributed by atoms with van der Waals surface area (Å²) >= 11 is 0. The van der Waals surface area contributed by atoms with Gasteiger partial charge in [0.15, 0.2) is 0 Å². The molecule has 0 radical (unpaired) electrons. The fourth-order valence-electron chi connectivity index (χ4n) is 4.45. The minimum absolute atomic E-state index is 0.0876. The van der Waals surface area contributed by atoms with Crippen molar-refractivity contribution >= 4 is 0 Å². The van der Waals surface area contributed by atoms with E-state index in [1.807, 2.05) is 81.4 Å². The van der Waals surface area contributed by atoms with E-state index in [1.54, 1.807) is 0 Å². The van der Waals surface area contributed by atoms with Gasteiger partial charge in [-0.05, 0) is 67.6 Å². The van der Waals surface area contributed by atoms with Gasteiger partial charge in [0.05, 0.1) is 23.3 Å². The normalized spacial score (nSPS) is 10.9. The van der Waals surface area contributed by atoms with Crippen LogP contribution >= 0.6 is 0 Å². The zero-order chi connectivity index (χ0) is 25.7. The van der Waals surface area contributed by atoms with Gasteiger partial charge in [-0.2, -0.15) is 10.2 Å². The Bertz CT molecular complexity index is 1440. The molecule has 0 aliphatic heterocycles. The van der Waals surface area contributed by atoms with Gasteiger partial charge in [-0.25, -0.2) is 0 Å². The van der Waals surface area contributed by atoms with Crippen LogP contribution in [0.1, 0.15) is 49.8 Å². The topological polar surface area (TPSA) is 67.9 Å². The van der Waals surface area contributed by atoms with E-state index in [1.165, 1.54) is 0 Å². The highest BCUT2D eigenvalue weighted by molar-refractivity contribution is 5.70. The minimum atomic E-state index is -0.201. The summed E-state index contributed by atoms with van der Waals surface area (Å²) in [5.74, 6) is 1.57. The van der Waals surface area contributed by atoms with Gasteiger partial charge in [0.25, 0.3) is 5.56 Å². The molecular weight excluding hydrogens is 446 g/mol. The highest BCUT2D eigenvalue weighted by Gasteiger charge is 2.16. The second-order valence-corrected chi connectivity index (χ2v) is 9.18. The number of nitriles is 1. The molecule has 0 atom stereocenters. The number of hydrogen-bond donors (Lipinski definition) is 0. The monoisotopic (exact) mass is 477 g/mol. The van der Waals surface area contributed by atoms with Gasteiger partial charge in [0.1, 0.15) is 11.6 Å². The highest BCUT2D eigenvalue weighted by Crippen LogP contribution is 2.26. The van der Waals surface area contributed by atoms with Crippen molar-refractivity contribution in [3.63, 3.8) is 0 Å². The Morgan fingerprint density at radius 2 is 1.64 bits per heavy atom. The zero-order valence-corrected chi connectivity index (χ0v) is 21.3. The molecule has 0 N–H and O–H groups in total. The maximum atomic E-state index is 13.1. The van der Waals surface area contributed by atoms with E-state index in [9.17, 15) is 10.1 Å². The number of ether oxygens (including phenoxy) is 1. The third kappa shape index (κ3) is 5.39. The molecule has 0 aliphatic rings. The Labute approximate surface area is 212 Å². The van der Waals surface area contributed by atoms with E-state index < -0.39 is 0 Å². The van der Waals surface area contributed by atoms with Crippen LogP contribution in [0, 0.1) is 18.3 Å². The molecule has 0 bridgehead atoms. The smallest absolute Gasteiger partial charge is 0.281 e. The fourth-order valence-corrected chi connectivity index (χ4v) is 4.45. The van der Waals surface area contributed by atoms with E-state index >= 15 is 0 Å². The molecule has 182 valence electrons. The second kappa shape index (κ2) is 11.0. The van der Waals surface area contributed by atoms with Gasteiger partial charge in [0.2, 0.25) is 0 Å². The summed E-state index contributed by atoms with van der Waals surface area (Å²) in [6, 6.07) is 25.8. The lowest BCUT2D eigenvalue weighted by Crippen LogP contribution is -2.23. The largest absolute Gasteiger partial charge is 0.491 e. The van der Waals surface area contributed by atoms with Gasteiger partial charge in [-0.3, -0.25) is 4.79 Å². The van der Waals surface area contributed by atoms with Crippen LogP contribution in [-0.2, 0) is 13.0 Å². The molecule has 0 saturated heterocycles. The summed E-state index contributed by atoms with van der Waals surface area (Å²) < 4.78 is 7.91. The van der Waals surface area contributed by atoms with Crippen molar-refractivity contribution in [1.82, 2.24) is 9.55 Å². The lowest BCUT2D eigenvalue weighted by Gasteiger charge is -2.19. The summed E-state index contributed by atoms with van der Waals surface area (Å²) in [5, 5.41) is 9.44. The molecule has 0 saturated carbocycles. The van der Waals surface area contributed by atoms with Crippen LogP contribution in [0.5, 0.6) is 5.75 Å². The van der Waals surface area contributed by atoms with E-state index in [-0.39, 0.29) is 11.7 Å². The first-order valence-corrected chi connectivity index (χ1v) is 12.4. The second-order valence-electron chi connectivity index (χ2n) is 9.18. The first-order valence-electron chi connectivity index (χ1n) is 12.4. The molecule has 36 heavy (non-hydrogen) atoms. The lowest BCUT2D eigenvalue weighted by molar-refractivity contribution is 0.242. The molecule has 3 aromatic carbocycles. The predicted molar refractivity (Wildman–Crippen MR) is 144 cm³/mol. The zero-order valence-electron chi connectivity index (χ0n) is 21.3. The maximum absolute atomic E-state index is 13.1. The maximum Gasteiger partial charge on any atom is 0.281 e. The van der Waals surface area contributed by atoms with Crippen molar-refractivity contribution in [2.45, 2.75) is 53.2 Å². The summed E-state index contributed by atoms with van der Waals surface area (Å²) in [6.45, 7) is 8.67. The minimum Gasteiger partial charge on any atom is -0.491 e. The van der Waals surface area contributed by atoms with Crippen LogP contribution in [0.25, 0.3) is 22.3 Å². The number of hydrogen-bond acceptors (Lipinski definition) is 4. The first-order chi connectivity index (χ1) is 17.4. The van der Waals surface area contributed by atoms with Crippen molar-refractivity contribution in [2.24, 2.45) is 0 Å². The van der Waals surface area contributed by atoms with Crippen LogP contribution in [0.2, 0.25) is 0 Å². The quantitative estimate of drug-likeness (QED) is 0.289. The van der Waals surface area contributed by atoms with Crippen molar-refractivity contribution in [1.29, 1.82) is 5.26 Å². The van der Waals surface area contributed by atoms with Crippen LogP contribution in [0.4, 0.5) is 0 Å². The van der Waals surface area contributed by atoms with Crippen molar-refractivity contribution in [2.75, 3.05) is 0 Å². The lowest BCUT2D eigenvalue weighted by atomic mass is 9.99. The molecule has 1 aromatic heterocycles. The van der Waals surface area contributed by atoms with Crippen molar-refractivity contribution < 1.29 is 4.74 Å². The number of nitrogens with zero attached hydrogens (tertiary/aromatic N) is 3. The molecule has 0 spiro atoms. The van der Waals surface area contributed by atoms with E-state index in [0.29, 0.717) is 17.7 Å². The van der Waals surface area contributed by atoms with Gasteiger partial charge >= 0.3 is 0 Å². The average Bonchev–Trinajstić information content (AvgIpc) is 2.87. The van der Waals surface area contributed by atoms with Crippen LogP contribution < -0.4 is 10.3 Å². The summed E-state index contributed by atoms with van der Waals surface area (Å²) in [7, 11) is 0. The molecular formula is C31H31N3O2. The average molecular weight is 478 g/mol. The van der Waals surface area contributed by atoms with E-state index in [2.05, 4.69) is 34.7 Å². The number of aryl methyl sites for hydroxylation is 1. The number of benzene rings is 3. The standard InChI is InChI=1S/C31H31N3O2/c1-5-8-29-33-31(35)30(25-15-17-27(18-16-25)36-21(2)3)22(4)34(29)20-23-11-13-24(14-12-23)28-10-7-6-9-26(28)19-32/h6-7,9-18,21H,5,8,20H2,1-4H3. The van der Waals surface area contributed by atoms with Gasteiger partial charge in [-0.1, -0.05) is 61.5 Å². The Balaban J connectivity index is 1.70. The van der Waals surface area contributed by atoms with E-state index in [0.717, 1.165) is 52.4 Å². The van der Waals surface area contributed by atoms with Crippen LogP contribution in [-0.4, -0.2) is 15.7 Å². The van der Waals surface area contributed by atoms with Crippen molar-refractivity contribution in [3.8, 4) is 34.1 Å². The summed E-state index contributed by atoms with van der Waals surface area (Å²) in [4.78, 5) is 17.6. The van der Waals surface area contributed by atoms with Crippen LogP contribution in [0.15, 0.2) is 77.6 Å². The predicted octanol–water partition coefficient (Wildman–Crippen LogP) is 6.55. The Kier molecular flexibility index (Phi) is 7.65. The van der Waals surface area contributed by atoms with Gasteiger partial charge in [-0.15, -0.1) is 0 Å². The first kappa shape index (κ1) is 24.9. The van der Waals surface area contributed by atoms with Gasteiger partial charge in [0, 0.05) is 18.7 Å². The summed E-state index contributed by atoms with van der Waals surface area (Å²) in [5.41, 5.74) is 5.83. The fraction of sp³-hybridized carbons (Fsp3) is 0.258.